The second kappa shape index (κ2) is 10.0. The Balaban J connectivity index is 1.71. The van der Waals surface area contributed by atoms with Crippen LogP contribution in [0, 0.1) is 5.92 Å². The third-order valence-electron chi connectivity index (χ3n) is 4.83. The molecule has 1 aromatic carbocycles. The maximum atomic E-state index is 12.1. The van der Waals surface area contributed by atoms with Crippen LogP contribution in [0.25, 0.3) is 0 Å². The molecular formula is C22H28AsN3O3. The fraction of sp³-hybridized carbons (Fsp3) is 0.455. The van der Waals surface area contributed by atoms with Gasteiger partial charge < -0.3 is 0 Å². The number of nitrogens with zero attached hydrogens (tertiary/aromatic N) is 3. The number of benzene rings is 1. The molecular weight excluding hydrogens is 429 g/mol. The van der Waals surface area contributed by atoms with Crippen molar-refractivity contribution >= 4 is 36.5 Å². The van der Waals surface area contributed by atoms with Gasteiger partial charge in [0.25, 0.3) is 0 Å². The molecule has 6 nitrogen and oxygen atoms in total. The summed E-state index contributed by atoms with van der Waals surface area (Å²) in [5, 5.41) is 9.18. The van der Waals surface area contributed by atoms with Crippen molar-refractivity contribution in [3.05, 3.63) is 47.4 Å². The molecule has 0 spiro atoms. The minimum atomic E-state index is -0.867. The van der Waals surface area contributed by atoms with Crippen LogP contribution in [-0.2, 0) is 22.4 Å². The maximum absolute atomic E-state index is 12.1. The van der Waals surface area contributed by atoms with E-state index in [1.807, 2.05) is 24.3 Å². The van der Waals surface area contributed by atoms with Crippen molar-refractivity contribution < 1.29 is 14.7 Å². The summed E-state index contributed by atoms with van der Waals surface area (Å²) in [5.74, 6) is 1.00. The first kappa shape index (κ1) is 21.5. The van der Waals surface area contributed by atoms with Crippen LogP contribution in [0.5, 0.6) is 0 Å². The third-order valence-corrected chi connectivity index (χ3v) is 7.15. The molecule has 29 heavy (non-hydrogen) atoms. The number of hydrogen-bond donors (Lipinski definition) is 1. The fourth-order valence-corrected chi connectivity index (χ4v) is 5.93. The number of carbonyl (C=O) groups is 2. The van der Waals surface area contributed by atoms with Crippen molar-refractivity contribution in [3.8, 4) is 0 Å². The van der Waals surface area contributed by atoms with Gasteiger partial charge in [0, 0.05) is 0 Å². The number of carbonyl (C=O) groups excluding carboxylic acids is 1. The number of carboxylic acids is 1. The van der Waals surface area contributed by atoms with E-state index in [0.29, 0.717) is 34.7 Å². The van der Waals surface area contributed by atoms with Crippen LogP contribution >= 0.6 is 0 Å². The van der Waals surface area contributed by atoms with Gasteiger partial charge in [-0.25, -0.2) is 0 Å². The van der Waals surface area contributed by atoms with Gasteiger partial charge in [0.2, 0.25) is 0 Å². The molecule has 7 heteroatoms. The topological polar surface area (TPSA) is 83.4 Å². The second-order valence-electron chi connectivity index (χ2n) is 7.92. The predicted molar refractivity (Wildman–Crippen MR) is 115 cm³/mol. The van der Waals surface area contributed by atoms with Crippen LogP contribution in [0.15, 0.2) is 30.5 Å². The van der Waals surface area contributed by atoms with Crippen molar-refractivity contribution in [1.29, 1.82) is 0 Å². The summed E-state index contributed by atoms with van der Waals surface area (Å²) in [6, 6.07) is 8.19. The molecule has 154 valence electrons. The van der Waals surface area contributed by atoms with Crippen molar-refractivity contribution in [2.24, 2.45) is 5.92 Å². The zero-order chi connectivity index (χ0) is 20.8. The molecule has 1 aliphatic rings. The molecule has 0 saturated carbocycles. The van der Waals surface area contributed by atoms with Gasteiger partial charge in [0.05, 0.1) is 0 Å². The molecule has 0 amide bonds. The van der Waals surface area contributed by atoms with E-state index in [2.05, 4.69) is 23.7 Å². The predicted octanol–water partition coefficient (Wildman–Crippen LogP) is 1.93. The third kappa shape index (κ3) is 6.40. The summed E-state index contributed by atoms with van der Waals surface area (Å²) in [7, 11) is 0. The van der Waals surface area contributed by atoms with E-state index in [1.54, 1.807) is 6.20 Å². The first-order chi connectivity index (χ1) is 13.9. The summed E-state index contributed by atoms with van der Waals surface area (Å²) in [5.41, 5.74) is 1.77. The molecule has 1 saturated heterocycles. The van der Waals surface area contributed by atoms with Gasteiger partial charge in [0.1, 0.15) is 0 Å². The first-order valence-electron chi connectivity index (χ1n) is 10.1. The molecule has 1 atom stereocenters. The standard InChI is InChI=1S/C22H28AsN3O3/c1-15(2)11-19(27)23-18-7-5-16(6-8-18)12-20-24-14-17(13-21(28)29)22(25-20)26-9-3-4-10-26/h5-8,14-15,23H,3-4,9-13H2,1-2H3,(H,28,29). The van der Waals surface area contributed by atoms with E-state index in [4.69, 9.17) is 4.98 Å². The van der Waals surface area contributed by atoms with E-state index < -0.39 is 21.7 Å². The van der Waals surface area contributed by atoms with Gasteiger partial charge in [0.15, 0.2) is 0 Å². The molecule has 1 N–H and O–H groups in total. The molecule has 1 fully saturated rings. The Morgan fingerprint density at radius 3 is 2.48 bits per heavy atom. The molecule has 1 unspecified atom stereocenters. The molecule has 2 heterocycles. The Kier molecular flexibility index (Phi) is 7.43. The Labute approximate surface area is 178 Å². The number of aliphatic carboxylic acids is 1. The van der Waals surface area contributed by atoms with Crippen LogP contribution in [0.1, 0.15) is 50.1 Å². The minimum absolute atomic E-state index is 0.0601. The van der Waals surface area contributed by atoms with Crippen LogP contribution in [0.2, 0.25) is 0 Å². The molecule has 2 aromatic rings. The molecule has 1 aliphatic heterocycles. The van der Waals surface area contributed by atoms with E-state index in [-0.39, 0.29) is 6.42 Å². The van der Waals surface area contributed by atoms with Crippen LogP contribution < -0.4 is 9.25 Å². The monoisotopic (exact) mass is 457 g/mol. The number of aromatic nitrogens is 2. The summed E-state index contributed by atoms with van der Waals surface area (Å²) in [6.45, 7) is 5.97. The number of carboxylic acid groups (broad SMARTS) is 1. The van der Waals surface area contributed by atoms with Crippen LogP contribution in [0.3, 0.4) is 0 Å². The summed E-state index contributed by atoms with van der Waals surface area (Å²) in [6.07, 6.45) is 5.06. The van der Waals surface area contributed by atoms with E-state index in [1.165, 1.54) is 0 Å². The molecule has 1 aromatic heterocycles. The van der Waals surface area contributed by atoms with Crippen molar-refractivity contribution in [2.75, 3.05) is 18.0 Å². The first-order valence-corrected chi connectivity index (χ1v) is 12.2. The van der Waals surface area contributed by atoms with Crippen LogP contribution in [0.4, 0.5) is 5.82 Å². The van der Waals surface area contributed by atoms with Gasteiger partial charge in [-0.2, -0.15) is 0 Å². The average molecular weight is 457 g/mol. The van der Waals surface area contributed by atoms with E-state index >= 15 is 0 Å². The Bertz CT molecular complexity index is 862. The van der Waals surface area contributed by atoms with E-state index in [9.17, 15) is 14.7 Å². The van der Waals surface area contributed by atoms with Gasteiger partial charge in [-0.3, -0.25) is 0 Å². The molecule has 3 rings (SSSR count). The zero-order valence-electron chi connectivity index (χ0n) is 17.0. The summed E-state index contributed by atoms with van der Waals surface area (Å²) >= 11 is -0.747. The number of rotatable bonds is 9. The van der Waals surface area contributed by atoms with Crippen molar-refractivity contribution in [1.82, 2.24) is 9.97 Å². The molecule has 0 radical (unpaired) electrons. The SMILES string of the molecule is CC(C)CC(=O)[AsH]c1ccc(Cc2ncc(CC(=O)O)c(N3CCCC3)n2)cc1. The number of hydrogen-bond acceptors (Lipinski definition) is 5. The van der Waals surface area contributed by atoms with Crippen molar-refractivity contribution in [3.63, 3.8) is 0 Å². The summed E-state index contributed by atoms with van der Waals surface area (Å²) < 4.78 is 1.54. The van der Waals surface area contributed by atoms with Gasteiger partial charge >= 0.3 is 178 Å². The second-order valence-corrected chi connectivity index (χ2v) is 10.8. The van der Waals surface area contributed by atoms with E-state index in [0.717, 1.165) is 41.7 Å². The Morgan fingerprint density at radius 2 is 1.86 bits per heavy atom. The molecule has 0 aliphatic carbocycles. The van der Waals surface area contributed by atoms with Crippen LogP contribution in [-0.4, -0.2) is 54.5 Å². The Hall–Kier alpha value is -2.20. The summed E-state index contributed by atoms with van der Waals surface area (Å²) in [4.78, 5) is 34.5. The number of anilines is 1. The molecule has 0 bridgehead atoms. The quantitative estimate of drug-likeness (QED) is 0.580. The van der Waals surface area contributed by atoms with Gasteiger partial charge in [-0.05, 0) is 0 Å². The normalized spacial score (nSPS) is 14.2. The van der Waals surface area contributed by atoms with Crippen molar-refractivity contribution in [2.45, 2.75) is 46.0 Å². The fourth-order valence-electron chi connectivity index (χ4n) is 3.48. The Morgan fingerprint density at radius 1 is 1.17 bits per heavy atom. The van der Waals surface area contributed by atoms with Gasteiger partial charge in [-0.15, -0.1) is 0 Å². The average Bonchev–Trinajstić information content (AvgIpc) is 3.18. The zero-order valence-corrected chi connectivity index (χ0v) is 19.1. The van der Waals surface area contributed by atoms with Gasteiger partial charge in [-0.1, -0.05) is 0 Å².